The molecular formula is C19H13BrClN5. The van der Waals surface area contributed by atoms with E-state index in [1.807, 2.05) is 48.5 Å². The third-order valence-corrected chi connectivity index (χ3v) is 5.18. The lowest BCUT2D eigenvalue weighted by molar-refractivity contribution is 1.06. The fourth-order valence-electron chi connectivity index (χ4n) is 2.77. The van der Waals surface area contributed by atoms with Gasteiger partial charge in [0, 0.05) is 18.2 Å². The van der Waals surface area contributed by atoms with Crippen LogP contribution < -0.4 is 5.73 Å². The predicted molar refractivity (Wildman–Crippen MR) is 107 cm³/mol. The number of hydrogen-bond acceptors (Lipinski definition) is 5. The van der Waals surface area contributed by atoms with Crippen LogP contribution in [0.1, 0.15) is 11.3 Å². The van der Waals surface area contributed by atoms with E-state index in [1.54, 1.807) is 6.20 Å². The van der Waals surface area contributed by atoms with Crippen molar-refractivity contribution < 1.29 is 0 Å². The predicted octanol–water partition coefficient (Wildman–Crippen LogP) is 4.68. The van der Waals surface area contributed by atoms with Gasteiger partial charge in [0.2, 0.25) is 5.95 Å². The van der Waals surface area contributed by atoms with Crippen LogP contribution in [0.25, 0.3) is 22.3 Å². The van der Waals surface area contributed by atoms with Crippen molar-refractivity contribution in [2.24, 2.45) is 0 Å². The number of halogens is 2. The number of nitrogen functional groups attached to an aromatic ring is 1. The molecule has 0 atom stereocenters. The number of fused-ring (bicyclic) bond motifs is 1. The SMILES string of the molecule is Nc1nc(Cc2ccccc2)c2nc(-c3ccnc(Br)c3Cl)ccc2n1. The molecule has 1 aromatic carbocycles. The van der Waals surface area contributed by atoms with Crippen molar-refractivity contribution in [1.82, 2.24) is 19.9 Å². The van der Waals surface area contributed by atoms with Gasteiger partial charge in [-0.3, -0.25) is 0 Å². The molecule has 0 saturated carbocycles. The average Bonchev–Trinajstić information content (AvgIpc) is 2.64. The van der Waals surface area contributed by atoms with Gasteiger partial charge in [-0.2, -0.15) is 0 Å². The maximum atomic E-state index is 6.37. The van der Waals surface area contributed by atoms with Crippen LogP contribution in [0.2, 0.25) is 5.02 Å². The van der Waals surface area contributed by atoms with E-state index < -0.39 is 0 Å². The smallest absolute Gasteiger partial charge is 0.220 e. The molecular weight excluding hydrogens is 414 g/mol. The van der Waals surface area contributed by atoms with Crippen LogP contribution in [0.3, 0.4) is 0 Å². The number of aromatic nitrogens is 4. The summed E-state index contributed by atoms with van der Waals surface area (Å²) in [5, 5.41) is 0.514. The molecule has 0 radical (unpaired) electrons. The Morgan fingerprint density at radius 1 is 0.962 bits per heavy atom. The second kappa shape index (κ2) is 6.97. The maximum Gasteiger partial charge on any atom is 0.220 e. The van der Waals surface area contributed by atoms with Gasteiger partial charge in [-0.25, -0.2) is 19.9 Å². The molecule has 0 spiro atoms. The van der Waals surface area contributed by atoms with E-state index in [2.05, 4.69) is 30.9 Å². The molecule has 0 aliphatic rings. The normalized spacial score (nSPS) is 11.0. The quantitative estimate of drug-likeness (QED) is 0.481. The zero-order valence-corrected chi connectivity index (χ0v) is 15.9. The van der Waals surface area contributed by atoms with Gasteiger partial charge in [0.15, 0.2) is 0 Å². The molecule has 3 heterocycles. The van der Waals surface area contributed by atoms with E-state index in [1.165, 1.54) is 0 Å². The summed E-state index contributed by atoms with van der Waals surface area (Å²) in [4.78, 5) is 17.6. The molecule has 0 fully saturated rings. The van der Waals surface area contributed by atoms with Crippen molar-refractivity contribution >= 4 is 44.5 Å². The summed E-state index contributed by atoms with van der Waals surface area (Å²) < 4.78 is 0.580. The number of rotatable bonds is 3. The summed E-state index contributed by atoms with van der Waals surface area (Å²) >= 11 is 9.72. The molecule has 0 saturated heterocycles. The fourth-order valence-corrected chi connectivity index (χ4v) is 3.31. The molecule has 0 aliphatic carbocycles. The Kier molecular flexibility index (Phi) is 4.53. The Hall–Kier alpha value is -2.57. The van der Waals surface area contributed by atoms with Crippen LogP contribution in [-0.2, 0) is 6.42 Å². The van der Waals surface area contributed by atoms with Crippen molar-refractivity contribution in [2.45, 2.75) is 6.42 Å². The lowest BCUT2D eigenvalue weighted by atomic mass is 10.1. The van der Waals surface area contributed by atoms with Gasteiger partial charge in [-0.15, -0.1) is 0 Å². The lowest BCUT2D eigenvalue weighted by Gasteiger charge is -2.09. The molecule has 3 aromatic heterocycles. The van der Waals surface area contributed by atoms with Gasteiger partial charge in [0.25, 0.3) is 0 Å². The maximum absolute atomic E-state index is 6.37. The van der Waals surface area contributed by atoms with Crippen LogP contribution in [0, 0.1) is 0 Å². The summed E-state index contributed by atoms with van der Waals surface area (Å²) in [6, 6.07) is 15.6. The third-order valence-electron chi connectivity index (χ3n) is 3.97. The van der Waals surface area contributed by atoms with Crippen molar-refractivity contribution in [1.29, 1.82) is 0 Å². The minimum atomic E-state index is 0.239. The highest BCUT2D eigenvalue weighted by molar-refractivity contribution is 9.10. The Balaban J connectivity index is 1.88. The van der Waals surface area contributed by atoms with Gasteiger partial charge in [0.05, 0.1) is 21.9 Å². The molecule has 26 heavy (non-hydrogen) atoms. The van der Waals surface area contributed by atoms with Crippen LogP contribution in [0.5, 0.6) is 0 Å². The van der Waals surface area contributed by atoms with Gasteiger partial charge < -0.3 is 5.73 Å². The fraction of sp³-hybridized carbons (Fsp3) is 0.0526. The average molecular weight is 427 g/mol. The van der Waals surface area contributed by atoms with Gasteiger partial charge in [0.1, 0.15) is 10.1 Å². The first-order valence-corrected chi connectivity index (χ1v) is 9.06. The highest BCUT2D eigenvalue weighted by Crippen LogP contribution is 2.32. The number of nitrogens with two attached hydrogens (primary N) is 1. The van der Waals surface area contributed by atoms with Gasteiger partial charge in [-0.1, -0.05) is 41.9 Å². The Morgan fingerprint density at radius 3 is 2.58 bits per heavy atom. The molecule has 0 amide bonds. The van der Waals surface area contributed by atoms with E-state index in [0.717, 1.165) is 22.5 Å². The van der Waals surface area contributed by atoms with Crippen molar-refractivity contribution in [2.75, 3.05) is 5.73 Å². The Bertz CT molecular complexity index is 1100. The minimum absolute atomic E-state index is 0.239. The number of hydrogen-bond donors (Lipinski definition) is 1. The first-order chi connectivity index (χ1) is 12.6. The summed E-state index contributed by atoms with van der Waals surface area (Å²) in [6.45, 7) is 0. The molecule has 0 aliphatic heterocycles. The van der Waals surface area contributed by atoms with Crippen molar-refractivity contribution in [3.63, 3.8) is 0 Å². The standard InChI is InChI=1S/C19H13BrClN5/c20-18-16(21)12(8-9-23-18)13-6-7-14-17(24-13)15(26-19(22)25-14)10-11-4-2-1-3-5-11/h1-9H,10H2,(H2,22,25,26). The topological polar surface area (TPSA) is 77.6 Å². The molecule has 4 aromatic rings. The van der Waals surface area contributed by atoms with Crippen LogP contribution >= 0.6 is 27.5 Å². The zero-order valence-electron chi connectivity index (χ0n) is 13.5. The summed E-state index contributed by atoms with van der Waals surface area (Å²) in [5.74, 6) is 0.239. The third kappa shape index (κ3) is 3.25. The first kappa shape index (κ1) is 16.9. The van der Waals surface area contributed by atoms with E-state index in [0.29, 0.717) is 27.1 Å². The molecule has 128 valence electrons. The highest BCUT2D eigenvalue weighted by Gasteiger charge is 2.13. The first-order valence-electron chi connectivity index (χ1n) is 7.89. The zero-order chi connectivity index (χ0) is 18.1. The molecule has 5 nitrogen and oxygen atoms in total. The highest BCUT2D eigenvalue weighted by atomic mass is 79.9. The largest absolute Gasteiger partial charge is 0.368 e. The Labute approximate surface area is 163 Å². The monoisotopic (exact) mass is 425 g/mol. The van der Waals surface area contributed by atoms with Crippen molar-refractivity contribution in [3.8, 4) is 11.3 Å². The van der Waals surface area contributed by atoms with Gasteiger partial charge in [-0.05, 0) is 39.7 Å². The number of benzene rings is 1. The molecule has 4 rings (SSSR count). The molecule has 2 N–H and O–H groups in total. The Morgan fingerprint density at radius 2 is 1.77 bits per heavy atom. The van der Waals surface area contributed by atoms with Crippen LogP contribution in [-0.4, -0.2) is 19.9 Å². The second-order valence-corrected chi connectivity index (χ2v) is 6.85. The van der Waals surface area contributed by atoms with Crippen molar-refractivity contribution in [3.05, 3.63) is 75.6 Å². The summed E-state index contributed by atoms with van der Waals surface area (Å²) in [6.07, 6.45) is 2.30. The minimum Gasteiger partial charge on any atom is -0.368 e. The summed E-state index contributed by atoms with van der Waals surface area (Å²) in [5.41, 5.74) is 10.7. The summed E-state index contributed by atoms with van der Waals surface area (Å²) in [7, 11) is 0. The lowest BCUT2D eigenvalue weighted by Crippen LogP contribution is -2.03. The molecule has 0 unspecified atom stereocenters. The molecule has 7 heteroatoms. The van der Waals surface area contributed by atoms with E-state index in [9.17, 15) is 0 Å². The van der Waals surface area contributed by atoms with E-state index in [4.69, 9.17) is 22.3 Å². The van der Waals surface area contributed by atoms with E-state index in [-0.39, 0.29) is 5.95 Å². The van der Waals surface area contributed by atoms with E-state index >= 15 is 0 Å². The van der Waals surface area contributed by atoms with Crippen LogP contribution in [0.4, 0.5) is 5.95 Å². The number of anilines is 1. The molecule has 0 bridgehead atoms. The second-order valence-electron chi connectivity index (χ2n) is 5.72. The number of nitrogens with zero attached hydrogens (tertiary/aromatic N) is 4. The van der Waals surface area contributed by atoms with Crippen LogP contribution in [0.15, 0.2) is 59.3 Å². The number of pyridine rings is 2. The van der Waals surface area contributed by atoms with Gasteiger partial charge >= 0.3 is 0 Å².